The fraction of sp³-hybridized carbons (Fsp3) is 0.429. The quantitative estimate of drug-likeness (QED) is 0.634. The molecule has 21 heavy (non-hydrogen) atoms. The molecule has 0 amide bonds. The molecule has 0 bridgehead atoms. The fourth-order valence-corrected chi connectivity index (χ4v) is 2.67. The van der Waals surface area contributed by atoms with Crippen molar-refractivity contribution in [1.29, 1.82) is 0 Å². The first-order valence-electron chi connectivity index (χ1n) is 6.88. The molecule has 1 aromatic heterocycles. The highest BCUT2D eigenvalue weighted by atomic mass is 16.6. The molecule has 3 rings (SSSR count). The van der Waals surface area contributed by atoms with E-state index in [0.29, 0.717) is 31.0 Å². The van der Waals surface area contributed by atoms with Crippen LogP contribution in [0.15, 0.2) is 24.3 Å². The van der Waals surface area contributed by atoms with Gasteiger partial charge in [0.05, 0.1) is 7.11 Å². The van der Waals surface area contributed by atoms with Crippen molar-refractivity contribution in [3.8, 4) is 5.75 Å². The summed E-state index contributed by atoms with van der Waals surface area (Å²) >= 11 is 0. The van der Waals surface area contributed by atoms with Crippen molar-refractivity contribution >= 4 is 0 Å². The second kappa shape index (κ2) is 5.51. The Hall–Kier alpha value is -2.44. The van der Waals surface area contributed by atoms with Gasteiger partial charge >= 0.3 is 0 Å². The molecular weight excluding hydrogens is 272 g/mol. The van der Waals surface area contributed by atoms with Crippen molar-refractivity contribution in [3.05, 3.63) is 51.6 Å². The highest BCUT2D eigenvalue weighted by molar-refractivity contribution is 5.35. The van der Waals surface area contributed by atoms with Crippen LogP contribution in [0.1, 0.15) is 36.1 Å². The van der Waals surface area contributed by atoms with Gasteiger partial charge in [0.2, 0.25) is 5.82 Å². The number of ether oxygens (including phenoxy) is 1. The van der Waals surface area contributed by atoms with Gasteiger partial charge in [-0.05, 0) is 12.5 Å². The van der Waals surface area contributed by atoms with Crippen LogP contribution in [0.5, 0.6) is 5.75 Å². The van der Waals surface area contributed by atoms with Gasteiger partial charge in [-0.1, -0.05) is 18.2 Å². The SMILES string of the molecule is COc1ccccc1Cc1nc2n(n1)CCCC2[N+](=O)[O-]. The summed E-state index contributed by atoms with van der Waals surface area (Å²) in [4.78, 5) is 15.2. The Morgan fingerprint density at radius 2 is 2.29 bits per heavy atom. The van der Waals surface area contributed by atoms with Gasteiger partial charge in [-0.15, -0.1) is 0 Å². The van der Waals surface area contributed by atoms with Gasteiger partial charge in [0, 0.05) is 29.9 Å². The van der Waals surface area contributed by atoms with Crippen LogP contribution < -0.4 is 4.74 Å². The van der Waals surface area contributed by atoms with E-state index in [4.69, 9.17) is 4.74 Å². The number of nitrogens with zero attached hydrogens (tertiary/aromatic N) is 4. The maximum atomic E-state index is 11.1. The van der Waals surface area contributed by atoms with E-state index < -0.39 is 6.04 Å². The van der Waals surface area contributed by atoms with Crippen LogP contribution in [0.3, 0.4) is 0 Å². The van der Waals surface area contributed by atoms with Crippen molar-refractivity contribution in [3.63, 3.8) is 0 Å². The topological polar surface area (TPSA) is 83.1 Å². The summed E-state index contributed by atoms with van der Waals surface area (Å²) in [6, 6.07) is 6.91. The van der Waals surface area contributed by atoms with Crippen LogP contribution in [0.2, 0.25) is 0 Å². The lowest BCUT2D eigenvalue weighted by Crippen LogP contribution is -2.22. The van der Waals surface area contributed by atoms with Crippen LogP contribution in [0, 0.1) is 10.1 Å². The molecule has 0 saturated carbocycles. The second-order valence-corrected chi connectivity index (χ2v) is 5.04. The number of nitro groups is 1. The van der Waals surface area contributed by atoms with Gasteiger partial charge in [-0.2, -0.15) is 5.10 Å². The number of para-hydroxylation sites is 1. The lowest BCUT2D eigenvalue weighted by molar-refractivity contribution is -0.533. The molecule has 2 heterocycles. The summed E-state index contributed by atoms with van der Waals surface area (Å²) in [5.74, 6) is 1.84. The minimum Gasteiger partial charge on any atom is -0.496 e. The highest BCUT2D eigenvalue weighted by Gasteiger charge is 2.32. The lowest BCUT2D eigenvalue weighted by atomic mass is 10.1. The lowest BCUT2D eigenvalue weighted by Gasteiger charge is -2.15. The first-order valence-corrected chi connectivity index (χ1v) is 6.88. The molecule has 0 spiro atoms. The predicted octanol–water partition coefficient (Wildman–Crippen LogP) is 1.99. The maximum absolute atomic E-state index is 11.1. The summed E-state index contributed by atoms with van der Waals surface area (Å²) in [7, 11) is 1.62. The van der Waals surface area contributed by atoms with Crippen LogP contribution >= 0.6 is 0 Å². The number of aromatic nitrogens is 3. The predicted molar refractivity (Wildman–Crippen MR) is 74.8 cm³/mol. The van der Waals surface area contributed by atoms with Gasteiger partial charge < -0.3 is 4.74 Å². The molecule has 1 aliphatic rings. The summed E-state index contributed by atoms with van der Waals surface area (Å²) in [6.45, 7) is 0.693. The Morgan fingerprint density at radius 1 is 1.48 bits per heavy atom. The molecule has 0 radical (unpaired) electrons. The molecule has 0 fully saturated rings. The number of fused-ring (bicyclic) bond motifs is 1. The molecule has 2 aromatic rings. The number of methoxy groups -OCH3 is 1. The van der Waals surface area contributed by atoms with E-state index in [-0.39, 0.29) is 4.92 Å². The molecule has 1 atom stereocenters. The highest BCUT2D eigenvalue weighted by Crippen LogP contribution is 2.27. The Labute approximate surface area is 121 Å². The van der Waals surface area contributed by atoms with E-state index in [1.807, 2.05) is 24.3 Å². The van der Waals surface area contributed by atoms with Crippen LogP contribution in [0.25, 0.3) is 0 Å². The van der Waals surface area contributed by atoms with Gasteiger partial charge in [0.25, 0.3) is 6.04 Å². The van der Waals surface area contributed by atoms with Gasteiger partial charge in [-0.25, -0.2) is 9.67 Å². The molecular formula is C14H16N4O3. The fourth-order valence-electron chi connectivity index (χ4n) is 2.67. The normalized spacial score (nSPS) is 17.3. The van der Waals surface area contributed by atoms with E-state index in [1.165, 1.54) is 0 Å². The van der Waals surface area contributed by atoms with Crippen molar-refractivity contribution in [2.45, 2.75) is 31.8 Å². The van der Waals surface area contributed by atoms with Crippen molar-refractivity contribution in [1.82, 2.24) is 14.8 Å². The largest absolute Gasteiger partial charge is 0.496 e. The summed E-state index contributed by atoms with van der Waals surface area (Å²) < 4.78 is 6.98. The van der Waals surface area contributed by atoms with Gasteiger partial charge in [0.15, 0.2) is 5.82 Å². The summed E-state index contributed by atoms with van der Waals surface area (Å²) in [6.07, 6.45) is 1.80. The summed E-state index contributed by atoms with van der Waals surface area (Å²) in [5, 5.41) is 15.5. The standard InChI is InChI=1S/C14H16N4O3/c1-21-12-7-3-2-5-10(12)9-13-15-14-11(18(19)20)6-4-8-17(14)16-13/h2-3,5,7,11H,4,6,8-9H2,1H3. The Kier molecular flexibility index (Phi) is 3.55. The zero-order chi connectivity index (χ0) is 14.8. The van der Waals surface area contributed by atoms with E-state index in [0.717, 1.165) is 17.7 Å². The molecule has 7 nitrogen and oxygen atoms in total. The van der Waals surface area contributed by atoms with Gasteiger partial charge in [0.1, 0.15) is 5.75 Å². The zero-order valence-electron chi connectivity index (χ0n) is 11.7. The maximum Gasteiger partial charge on any atom is 0.271 e. The molecule has 1 unspecified atom stereocenters. The number of hydrogen-bond donors (Lipinski definition) is 0. The number of benzene rings is 1. The smallest absolute Gasteiger partial charge is 0.271 e. The van der Waals surface area contributed by atoms with Gasteiger partial charge in [-0.3, -0.25) is 10.1 Å². The molecule has 0 aliphatic carbocycles. The van der Waals surface area contributed by atoms with Crippen molar-refractivity contribution < 1.29 is 9.66 Å². The average molecular weight is 288 g/mol. The van der Waals surface area contributed by atoms with E-state index in [1.54, 1.807) is 11.8 Å². The third-order valence-electron chi connectivity index (χ3n) is 3.69. The molecule has 1 aliphatic heterocycles. The number of hydrogen-bond acceptors (Lipinski definition) is 5. The molecule has 0 N–H and O–H groups in total. The second-order valence-electron chi connectivity index (χ2n) is 5.04. The minimum absolute atomic E-state index is 0.271. The van der Waals surface area contributed by atoms with E-state index >= 15 is 0 Å². The molecule has 1 aromatic carbocycles. The molecule has 0 saturated heterocycles. The van der Waals surface area contributed by atoms with E-state index in [9.17, 15) is 10.1 Å². The molecule has 110 valence electrons. The van der Waals surface area contributed by atoms with Crippen molar-refractivity contribution in [2.75, 3.05) is 7.11 Å². The Morgan fingerprint density at radius 3 is 3.05 bits per heavy atom. The first kappa shape index (κ1) is 13.5. The average Bonchev–Trinajstić information content (AvgIpc) is 2.89. The van der Waals surface area contributed by atoms with Crippen LogP contribution in [-0.4, -0.2) is 26.8 Å². The molecule has 7 heteroatoms. The third-order valence-corrected chi connectivity index (χ3v) is 3.69. The van der Waals surface area contributed by atoms with Crippen LogP contribution in [-0.2, 0) is 13.0 Å². The first-order chi connectivity index (χ1) is 10.2. The van der Waals surface area contributed by atoms with E-state index in [2.05, 4.69) is 10.1 Å². The number of aryl methyl sites for hydroxylation is 1. The monoisotopic (exact) mass is 288 g/mol. The van der Waals surface area contributed by atoms with Crippen LogP contribution in [0.4, 0.5) is 0 Å². The third kappa shape index (κ3) is 2.58. The number of rotatable bonds is 4. The zero-order valence-corrected chi connectivity index (χ0v) is 11.7. The van der Waals surface area contributed by atoms with Crippen molar-refractivity contribution in [2.24, 2.45) is 0 Å². The minimum atomic E-state index is -0.738. The Balaban J connectivity index is 1.89. The summed E-state index contributed by atoms with van der Waals surface area (Å²) in [5.41, 5.74) is 0.973. The Bertz CT molecular complexity index is 668.